The molecule has 0 saturated carbocycles. The Morgan fingerprint density at radius 3 is 2.48 bits per heavy atom. The monoisotopic (exact) mass is 383 g/mol. The molecule has 3 aromatic carbocycles. The minimum Gasteiger partial charge on any atom is -0.496 e. The van der Waals surface area contributed by atoms with Gasteiger partial charge >= 0.3 is 5.97 Å². The Balaban J connectivity index is 1.71. The number of ether oxygens (including phenoxy) is 2. The van der Waals surface area contributed by atoms with E-state index in [2.05, 4.69) is 5.32 Å². The van der Waals surface area contributed by atoms with Crippen molar-refractivity contribution in [1.82, 2.24) is 0 Å². The van der Waals surface area contributed by atoms with Gasteiger partial charge in [-0.3, -0.25) is 4.79 Å². The van der Waals surface area contributed by atoms with Crippen molar-refractivity contribution in [3.8, 4) is 5.75 Å². The maximum absolute atomic E-state index is 12.5. The van der Waals surface area contributed by atoms with Crippen LogP contribution in [0.15, 0.2) is 54.6 Å². The van der Waals surface area contributed by atoms with E-state index in [9.17, 15) is 9.59 Å². The van der Waals surface area contributed by atoms with Gasteiger partial charge in [-0.25, -0.2) is 4.79 Å². The van der Waals surface area contributed by atoms with Crippen molar-refractivity contribution in [2.24, 2.45) is 0 Å². The number of fused-ring (bicyclic) bond motifs is 1. The highest BCUT2D eigenvalue weighted by atomic mass is 35.5. The fourth-order valence-corrected chi connectivity index (χ4v) is 3.02. The van der Waals surface area contributed by atoms with Gasteiger partial charge in [0.15, 0.2) is 6.61 Å². The minimum atomic E-state index is -0.572. The Kier molecular flexibility index (Phi) is 5.62. The second kappa shape index (κ2) is 8.10. The number of hydrogen-bond donors (Lipinski definition) is 1. The number of hydrogen-bond acceptors (Lipinski definition) is 4. The minimum absolute atomic E-state index is 0.377. The molecule has 27 heavy (non-hydrogen) atoms. The first-order valence-corrected chi connectivity index (χ1v) is 8.66. The third-order valence-corrected chi connectivity index (χ3v) is 4.36. The number of nitrogens with one attached hydrogen (secondary N) is 1. The molecule has 0 aliphatic rings. The number of carbonyl (C=O) groups excluding carboxylic acids is 2. The molecule has 0 aliphatic carbocycles. The molecule has 1 amide bonds. The average Bonchev–Trinajstić information content (AvgIpc) is 2.67. The fourth-order valence-electron chi connectivity index (χ4n) is 2.79. The molecule has 0 aromatic heterocycles. The number of amides is 1. The van der Waals surface area contributed by atoms with Crippen LogP contribution >= 0.6 is 11.6 Å². The standard InChI is InChI=1S/C21H18ClNO4/c1-13-11-14(22)7-9-18(13)23-20(24)12-27-21(25)17-8-10-19(26-2)16-6-4-3-5-15(16)17/h3-11H,12H2,1-2H3,(H,23,24). The van der Waals surface area contributed by atoms with E-state index in [1.807, 2.05) is 31.2 Å². The second-order valence-corrected chi connectivity index (χ2v) is 6.38. The summed E-state index contributed by atoms with van der Waals surface area (Å²) < 4.78 is 10.5. The molecule has 3 aromatic rings. The van der Waals surface area contributed by atoms with E-state index in [4.69, 9.17) is 21.1 Å². The van der Waals surface area contributed by atoms with E-state index >= 15 is 0 Å². The second-order valence-electron chi connectivity index (χ2n) is 5.94. The molecule has 0 radical (unpaired) electrons. The van der Waals surface area contributed by atoms with Gasteiger partial charge in [0.05, 0.1) is 12.7 Å². The van der Waals surface area contributed by atoms with Crippen LogP contribution in [0.4, 0.5) is 5.69 Å². The number of halogens is 1. The van der Waals surface area contributed by atoms with Crippen molar-refractivity contribution in [3.63, 3.8) is 0 Å². The number of aryl methyl sites for hydroxylation is 1. The highest BCUT2D eigenvalue weighted by molar-refractivity contribution is 6.30. The first-order valence-electron chi connectivity index (χ1n) is 8.28. The van der Waals surface area contributed by atoms with Gasteiger partial charge in [0.25, 0.3) is 5.91 Å². The number of anilines is 1. The van der Waals surface area contributed by atoms with E-state index in [1.54, 1.807) is 37.4 Å². The molecule has 1 N–H and O–H groups in total. The van der Waals surface area contributed by atoms with Crippen molar-refractivity contribution >= 4 is 39.9 Å². The number of carbonyl (C=O) groups is 2. The Bertz CT molecular complexity index is 1020. The van der Waals surface area contributed by atoms with Crippen molar-refractivity contribution in [2.75, 3.05) is 19.0 Å². The molecular weight excluding hydrogens is 366 g/mol. The summed E-state index contributed by atoms with van der Waals surface area (Å²) in [6.45, 7) is 1.44. The van der Waals surface area contributed by atoms with Crippen LogP contribution in [0.2, 0.25) is 5.02 Å². The first-order chi connectivity index (χ1) is 13.0. The lowest BCUT2D eigenvalue weighted by atomic mass is 10.0. The molecule has 0 unspecified atom stereocenters. The van der Waals surface area contributed by atoms with Gasteiger partial charge in [-0.15, -0.1) is 0 Å². The molecular formula is C21H18ClNO4. The van der Waals surface area contributed by atoms with Crippen LogP contribution in [0.3, 0.4) is 0 Å². The fraction of sp³-hybridized carbons (Fsp3) is 0.143. The zero-order chi connectivity index (χ0) is 19.4. The van der Waals surface area contributed by atoms with Crippen LogP contribution in [0.1, 0.15) is 15.9 Å². The lowest BCUT2D eigenvalue weighted by Gasteiger charge is -2.11. The lowest BCUT2D eigenvalue weighted by Crippen LogP contribution is -2.21. The van der Waals surface area contributed by atoms with Gasteiger partial charge in [0.2, 0.25) is 0 Å². The summed E-state index contributed by atoms with van der Waals surface area (Å²) in [6.07, 6.45) is 0. The molecule has 0 fully saturated rings. The normalized spacial score (nSPS) is 10.5. The van der Waals surface area contributed by atoms with Gasteiger partial charge in [0, 0.05) is 16.1 Å². The molecule has 3 rings (SSSR count). The zero-order valence-corrected chi connectivity index (χ0v) is 15.7. The molecule has 0 heterocycles. The molecule has 6 heteroatoms. The van der Waals surface area contributed by atoms with Gasteiger partial charge in [0.1, 0.15) is 5.75 Å². The smallest absolute Gasteiger partial charge is 0.339 e. The zero-order valence-electron chi connectivity index (χ0n) is 14.9. The molecule has 0 atom stereocenters. The van der Waals surface area contributed by atoms with E-state index in [0.717, 1.165) is 10.9 Å². The topological polar surface area (TPSA) is 64.6 Å². The first kappa shape index (κ1) is 18.7. The maximum atomic E-state index is 12.5. The quantitative estimate of drug-likeness (QED) is 0.653. The van der Waals surface area contributed by atoms with Crippen LogP contribution in [-0.2, 0) is 9.53 Å². The number of esters is 1. The molecule has 0 spiro atoms. The maximum Gasteiger partial charge on any atom is 0.339 e. The van der Waals surface area contributed by atoms with Gasteiger partial charge in [-0.2, -0.15) is 0 Å². The SMILES string of the molecule is COc1ccc(C(=O)OCC(=O)Nc2ccc(Cl)cc2C)c2ccccc12. The van der Waals surface area contributed by atoms with Gasteiger partial charge in [-0.1, -0.05) is 35.9 Å². The summed E-state index contributed by atoms with van der Waals surface area (Å²) in [4.78, 5) is 24.6. The summed E-state index contributed by atoms with van der Waals surface area (Å²) >= 11 is 5.90. The summed E-state index contributed by atoms with van der Waals surface area (Å²) in [5.41, 5.74) is 1.82. The third-order valence-electron chi connectivity index (χ3n) is 4.12. The predicted octanol–water partition coefficient (Wildman–Crippen LogP) is 4.61. The summed E-state index contributed by atoms with van der Waals surface area (Å²) in [7, 11) is 1.57. The summed E-state index contributed by atoms with van der Waals surface area (Å²) in [5, 5.41) is 4.80. The average molecular weight is 384 g/mol. The van der Waals surface area contributed by atoms with Crippen LogP contribution in [0.25, 0.3) is 10.8 Å². The van der Waals surface area contributed by atoms with Crippen LogP contribution in [-0.4, -0.2) is 25.6 Å². The van der Waals surface area contributed by atoms with E-state index in [1.165, 1.54) is 0 Å². The number of benzene rings is 3. The summed E-state index contributed by atoms with van der Waals surface area (Å²) in [5.74, 6) is -0.332. The molecule has 0 bridgehead atoms. The molecule has 5 nitrogen and oxygen atoms in total. The predicted molar refractivity (Wildman–Crippen MR) is 106 cm³/mol. The van der Waals surface area contributed by atoms with E-state index in [0.29, 0.717) is 27.4 Å². The lowest BCUT2D eigenvalue weighted by molar-refractivity contribution is -0.119. The van der Waals surface area contributed by atoms with Crippen molar-refractivity contribution in [2.45, 2.75) is 6.92 Å². The Labute approximate surface area is 161 Å². The van der Waals surface area contributed by atoms with E-state index in [-0.39, 0.29) is 6.61 Å². The van der Waals surface area contributed by atoms with Crippen molar-refractivity contribution in [3.05, 3.63) is 70.7 Å². The van der Waals surface area contributed by atoms with Crippen molar-refractivity contribution in [1.29, 1.82) is 0 Å². The Morgan fingerprint density at radius 2 is 1.78 bits per heavy atom. The van der Waals surface area contributed by atoms with Crippen LogP contribution in [0, 0.1) is 6.92 Å². The highest BCUT2D eigenvalue weighted by Gasteiger charge is 2.15. The Hall–Kier alpha value is -3.05. The molecule has 138 valence electrons. The van der Waals surface area contributed by atoms with Crippen LogP contribution in [0.5, 0.6) is 5.75 Å². The van der Waals surface area contributed by atoms with Gasteiger partial charge < -0.3 is 14.8 Å². The Morgan fingerprint density at radius 1 is 1.04 bits per heavy atom. The summed E-state index contributed by atoms with van der Waals surface area (Å²) in [6, 6.07) is 15.8. The number of methoxy groups -OCH3 is 1. The van der Waals surface area contributed by atoms with Crippen LogP contribution < -0.4 is 10.1 Å². The highest BCUT2D eigenvalue weighted by Crippen LogP contribution is 2.28. The van der Waals surface area contributed by atoms with Gasteiger partial charge in [-0.05, 0) is 48.2 Å². The van der Waals surface area contributed by atoms with Crippen molar-refractivity contribution < 1.29 is 19.1 Å². The third kappa shape index (κ3) is 4.20. The molecule has 0 saturated heterocycles. The largest absolute Gasteiger partial charge is 0.496 e. The molecule has 0 aliphatic heterocycles. The van der Waals surface area contributed by atoms with E-state index < -0.39 is 11.9 Å². The number of rotatable bonds is 5.